The number of hydrogen-bond acceptors (Lipinski definition) is 6. The number of carbonyl (C=O) groups is 2. The molecule has 1 aliphatic carbocycles. The quantitative estimate of drug-likeness (QED) is 0.323. The fraction of sp³-hybridized carbons (Fsp3) is 0.355. The molecule has 9 nitrogen and oxygen atoms in total. The Bertz CT molecular complexity index is 1400. The molecular formula is C31H35N7O2. The predicted molar refractivity (Wildman–Crippen MR) is 152 cm³/mol. The van der Waals surface area contributed by atoms with Gasteiger partial charge in [-0.3, -0.25) is 14.6 Å². The molecule has 2 aromatic heterocycles. The van der Waals surface area contributed by atoms with Gasteiger partial charge in [-0.15, -0.1) is 10.2 Å². The second-order valence-electron chi connectivity index (χ2n) is 10.3. The van der Waals surface area contributed by atoms with Crippen LogP contribution in [0.4, 0.5) is 0 Å². The lowest BCUT2D eigenvalue weighted by Crippen LogP contribution is -2.48. The minimum absolute atomic E-state index is 0.103. The van der Waals surface area contributed by atoms with Gasteiger partial charge in [-0.1, -0.05) is 85.5 Å². The van der Waals surface area contributed by atoms with Gasteiger partial charge in [0.05, 0.1) is 5.69 Å². The van der Waals surface area contributed by atoms with Crippen LogP contribution in [0.25, 0.3) is 11.4 Å². The van der Waals surface area contributed by atoms with E-state index < -0.39 is 6.04 Å². The summed E-state index contributed by atoms with van der Waals surface area (Å²) in [6, 6.07) is 22.4. The van der Waals surface area contributed by atoms with Crippen LogP contribution in [-0.4, -0.2) is 54.5 Å². The molecule has 2 amide bonds. The van der Waals surface area contributed by atoms with Crippen molar-refractivity contribution in [1.29, 1.82) is 0 Å². The number of carbonyl (C=O) groups excluding carboxylic acids is 2. The van der Waals surface area contributed by atoms with E-state index in [1.165, 1.54) is 11.2 Å². The van der Waals surface area contributed by atoms with Crippen molar-refractivity contribution in [2.24, 2.45) is 0 Å². The summed E-state index contributed by atoms with van der Waals surface area (Å²) in [6.45, 7) is 2.23. The van der Waals surface area contributed by atoms with Gasteiger partial charge >= 0.3 is 0 Å². The molecule has 1 aliphatic rings. The molecule has 1 atom stereocenters. The maximum Gasteiger partial charge on any atom is 0.249 e. The van der Waals surface area contributed by atoms with Gasteiger partial charge in [0.2, 0.25) is 17.6 Å². The first kappa shape index (κ1) is 27.2. The number of aromatic nitrogens is 5. The van der Waals surface area contributed by atoms with Crippen LogP contribution in [0.5, 0.6) is 0 Å². The van der Waals surface area contributed by atoms with Crippen LogP contribution in [0.2, 0.25) is 0 Å². The van der Waals surface area contributed by atoms with E-state index in [4.69, 9.17) is 0 Å². The zero-order chi connectivity index (χ0) is 27.7. The number of nitrogens with zero attached hydrogens (tertiary/aromatic N) is 6. The largest absolute Gasteiger partial charge is 0.351 e. The molecule has 0 bridgehead atoms. The molecule has 4 aromatic rings. The topological polar surface area (TPSA) is 106 Å². The molecule has 2 heterocycles. The Kier molecular flexibility index (Phi) is 8.90. The molecule has 1 N–H and O–H groups in total. The summed E-state index contributed by atoms with van der Waals surface area (Å²) in [5, 5.41) is 15.9. The van der Waals surface area contributed by atoms with Crippen LogP contribution >= 0.6 is 0 Å². The van der Waals surface area contributed by atoms with Crippen molar-refractivity contribution in [2.75, 3.05) is 6.54 Å². The average molecular weight is 538 g/mol. The third-order valence-electron chi connectivity index (χ3n) is 7.29. The summed E-state index contributed by atoms with van der Waals surface area (Å²) in [5.41, 5.74) is 3.59. The lowest BCUT2D eigenvalue weighted by molar-refractivity contribution is -0.142. The van der Waals surface area contributed by atoms with Gasteiger partial charge < -0.3 is 10.2 Å². The van der Waals surface area contributed by atoms with Gasteiger partial charge in [-0.2, -0.15) is 4.80 Å². The second kappa shape index (κ2) is 13.1. The van der Waals surface area contributed by atoms with Crippen LogP contribution in [0.3, 0.4) is 0 Å². The fourth-order valence-electron chi connectivity index (χ4n) is 5.24. The van der Waals surface area contributed by atoms with E-state index in [-0.39, 0.29) is 24.4 Å². The summed E-state index contributed by atoms with van der Waals surface area (Å²) in [7, 11) is 0. The molecule has 40 heavy (non-hydrogen) atoms. The number of benzene rings is 2. The van der Waals surface area contributed by atoms with Gasteiger partial charge in [0.1, 0.15) is 6.54 Å². The van der Waals surface area contributed by atoms with E-state index in [2.05, 4.69) is 31.8 Å². The van der Waals surface area contributed by atoms with Gasteiger partial charge in [0.25, 0.3) is 0 Å². The van der Waals surface area contributed by atoms with Crippen LogP contribution < -0.4 is 5.32 Å². The molecule has 5 rings (SSSR count). The van der Waals surface area contributed by atoms with Gasteiger partial charge in [-0.25, -0.2) is 0 Å². The highest BCUT2D eigenvalue weighted by molar-refractivity contribution is 5.88. The molecule has 9 heteroatoms. The summed E-state index contributed by atoms with van der Waals surface area (Å²) in [6.07, 6.45) is 7.52. The summed E-state index contributed by atoms with van der Waals surface area (Å²) in [5.74, 6) is -0.0464. The van der Waals surface area contributed by atoms with Crippen molar-refractivity contribution in [1.82, 2.24) is 35.4 Å². The van der Waals surface area contributed by atoms with E-state index in [1.54, 1.807) is 17.2 Å². The SMILES string of the molecule is Cc1cccc(CCN(C(=O)Cn2nnc(-c3ccccc3)n2)[C@@H](C(=O)NC2CCCCC2)c2ccccn2)c1. The first-order valence-electron chi connectivity index (χ1n) is 14.0. The van der Waals surface area contributed by atoms with E-state index in [1.807, 2.05) is 67.6 Å². The number of hydrogen-bond donors (Lipinski definition) is 1. The molecule has 0 saturated heterocycles. The van der Waals surface area contributed by atoms with Crippen molar-refractivity contribution in [3.63, 3.8) is 0 Å². The Hall–Kier alpha value is -4.40. The predicted octanol–water partition coefficient (Wildman–Crippen LogP) is 4.31. The zero-order valence-corrected chi connectivity index (χ0v) is 22.8. The molecule has 0 spiro atoms. The van der Waals surface area contributed by atoms with Crippen molar-refractivity contribution < 1.29 is 9.59 Å². The van der Waals surface area contributed by atoms with E-state index >= 15 is 0 Å². The van der Waals surface area contributed by atoms with Gasteiger partial charge in [-0.05, 0) is 49.1 Å². The first-order chi connectivity index (χ1) is 19.6. The standard InChI is InChI=1S/C31H35N7O2/c1-23-11-10-12-24(21-23)18-20-37(28(39)22-38-35-30(34-36-38)25-13-4-2-5-14-25)29(27-17-8-9-19-32-27)31(40)33-26-15-6-3-7-16-26/h2,4-5,8-14,17,19,21,26,29H,3,6-7,15-16,18,20,22H2,1H3,(H,33,40)/t29-/m1/s1. The highest BCUT2D eigenvalue weighted by Gasteiger charge is 2.34. The highest BCUT2D eigenvalue weighted by atomic mass is 16.2. The highest BCUT2D eigenvalue weighted by Crippen LogP contribution is 2.24. The number of pyridine rings is 1. The minimum atomic E-state index is -0.877. The maximum absolute atomic E-state index is 13.9. The first-order valence-corrected chi connectivity index (χ1v) is 14.0. The van der Waals surface area contributed by atoms with Crippen molar-refractivity contribution in [3.05, 3.63) is 95.8 Å². The van der Waals surface area contributed by atoms with Gasteiger partial charge in [0.15, 0.2) is 6.04 Å². The number of amides is 2. The average Bonchev–Trinajstić information content (AvgIpc) is 3.45. The van der Waals surface area contributed by atoms with Crippen LogP contribution in [0.15, 0.2) is 79.0 Å². The van der Waals surface area contributed by atoms with Crippen LogP contribution in [0.1, 0.15) is 55.0 Å². The second-order valence-corrected chi connectivity index (χ2v) is 10.3. The normalized spacial score (nSPS) is 14.4. The molecular weight excluding hydrogens is 502 g/mol. The minimum Gasteiger partial charge on any atom is -0.351 e. The summed E-state index contributed by atoms with van der Waals surface area (Å²) in [4.78, 5) is 35.2. The zero-order valence-electron chi connectivity index (χ0n) is 22.8. The molecule has 0 aliphatic heterocycles. The molecule has 1 saturated carbocycles. The molecule has 206 valence electrons. The smallest absolute Gasteiger partial charge is 0.249 e. The number of nitrogens with one attached hydrogen (secondary N) is 1. The third-order valence-corrected chi connectivity index (χ3v) is 7.29. The Balaban J connectivity index is 1.43. The lowest BCUT2D eigenvalue weighted by atomic mass is 9.95. The molecule has 2 aromatic carbocycles. The van der Waals surface area contributed by atoms with E-state index in [0.29, 0.717) is 24.5 Å². The number of rotatable bonds is 10. The van der Waals surface area contributed by atoms with Crippen LogP contribution in [-0.2, 0) is 22.6 Å². The molecule has 0 unspecified atom stereocenters. The molecule has 0 radical (unpaired) electrons. The van der Waals surface area contributed by atoms with Crippen molar-refractivity contribution >= 4 is 11.8 Å². The van der Waals surface area contributed by atoms with Crippen molar-refractivity contribution in [2.45, 2.75) is 64.1 Å². The Morgan fingerprint density at radius 3 is 2.55 bits per heavy atom. The monoisotopic (exact) mass is 537 g/mol. The molecule has 1 fully saturated rings. The van der Waals surface area contributed by atoms with E-state index in [0.717, 1.165) is 42.4 Å². The lowest BCUT2D eigenvalue weighted by Gasteiger charge is -2.32. The van der Waals surface area contributed by atoms with Gasteiger partial charge in [0, 0.05) is 24.3 Å². The summed E-state index contributed by atoms with van der Waals surface area (Å²) < 4.78 is 0. The number of tetrazole rings is 1. The Morgan fingerprint density at radius 2 is 1.80 bits per heavy atom. The maximum atomic E-state index is 13.9. The Morgan fingerprint density at radius 1 is 1.00 bits per heavy atom. The van der Waals surface area contributed by atoms with Crippen LogP contribution in [0, 0.1) is 6.92 Å². The fourth-order valence-corrected chi connectivity index (χ4v) is 5.24. The van der Waals surface area contributed by atoms with Crippen molar-refractivity contribution in [3.8, 4) is 11.4 Å². The number of aryl methyl sites for hydroxylation is 1. The Labute approximate surface area is 234 Å². The van der Waals surface area contributed by atoms with E-state index in [9.17, 15) is 9.59 Å². The summed E-state index contributed by atoms with van der Waals surface area (Å²) >= 11 is 0. The third kappa shape index (κ3) is 6.97.